The summed E-state index contributed by atoms with van der Waals surface area (Å²) in [6, 6.07) is -1.35. The molecule has 0 fully saturated rings. The maximum atomic E-state index is 10.8. The van der Waals surface area contributed by atoms with Crippen LogP contribution in [0.2, 0.25) is 0 Å². The summed E-state index contributed by atoms with van der Waals surface area (Å²) in [6.45, 7) is 0.940. The Labute approximate surface area is 99.6 Å². The molecule has 1 amide bonds. The Balaban J connectivity index is 0.00000225. The monoisotopic (exact) mass is 252 g/mol. The molecule has 0 radical (unpaired) electrons. The van der Waals surface area contributed by atoms with Crippen molar-refractivity contribution in [2.45, 2.75) is 31.2 Å². The van der Waals surface area contributed by atoms with Gasteiger partial charge in [0.15, 0.2) is 0 Å². The summed E-state index contributed by atoms with van der Waals surface area (Å²) in [5, 5.41) is 30.6. The lowest BCUT2D eigenvalue weighted by molar-refractivity contribution is -0.121. The Hall–Kier alpha value is -0.660. The molecule has 94 valence electrons. The molecule has 1 aliphatic rings. The smallest absolute Gasteiger partial charge is 0.217 e. The molecule has 7 heteroatoms. The number of hydrogen-bond donors (Lipinski definition) is 5. The molecule has 0 saturated carbocycles. The number of carbonyl (C=O) groups is 1. The maximum Gasteiger partial charge on any atom is 0.217 e. The topological polar surface area (TPSA) is 116 Å². The van der Waals surface area contributed by atoms with Crippen LogP contribution in [-0.2, 0) is 4.79 Å². The Morgan fingerprint density at radius 1 is 1.56 bits per heavy atom. The molecule has 1 rings (SSSR count). The van der Waals surface area contributed by atoms with Gasteiger partial charge in [-0.25, -0.2) is 0 Å². The molecule has 0 aliphatic heterocycles. The van der Waals surface area contributed by atoms with Gasteiger partial charge in [-0.05, 0) is 5.57 Å². The molecule has 0 unspecified atom stereocenters. The number of aliphatic hydroxyl groups excluding tert-OH is 3. The van der Waals surface area contributed by atoms with Crippen molar-refractivity contribution in [3.8, 4) is 0 Å². The minimum absolute atomic E-state index is 0. The van der Waals surface area contributed by atoms with E-state index in [1.54, 1.807) is 0 Å². The van der Waals surface area contributed by atoms with Crippen molar-refractivity contribution in [2.75, 3.05) is 6.61 Å². The maximum absolute atomic E-state index is 10.8. The fourth-order valence-corrected chi connectivity index (χ4v) is 1.66. The number of halogens is 1. The van der Waals surface area contributed by atoms with Crippen LogP contribution in [0.1, 0.15) is 6.92 Å². The van der Waals surface area contributed by atoms with Gasteiger partial charge in [0, 0.05) is 13.0 Å². The molecule has 0 bridgehead atoms. The van der Waals surface area contributed by atoms with Crippen molar-refractivity contribution in [2.24, 2.45) is 5.73 Å². The van der Waals surface area contributed by atoms with Gasteiger partial charge in [0.05, 0.1) is 12.6 Å². The van der Waals surface area contributed by atoms with Crippen molar-refractivity contribution in [1.82, 2.24) is 5.32 Å². The van der Waals surface area contributed by atoms with Gasteiger partial charge < -0.3 is 26.4 Å². The van der Waals surface area contributed by atoms with Gasteiger partial charge in [0.25, 0.3) is 0 Å². The molecule has 16 heavy (non-hydrogen) atoms. The summed E-state index contributed by atoms with van der Waals surface area (Å²) < 4.78 is 0. The van der Waals surface area contributed by atoms with Crippen LogP contribution in [0.5, 0.6) is 0 Å². The average Bonchev–Trinajstić information content (AvgIpc) is 2.18. The van der Waals surface area contributed by atoms with E-state index in [1.165, 1.54) is 13.0 Å². The van der Waals surface area contributed by atoms with Crippen molar-refractivity contribution < 1.29 is 20.1 Å². The zero-order chi connectivity index (χ0) is 11.6. The Morgan fingerprint density at radius 3 is 2.56 bits per heavy atom. The largest absolute Gasteiger partial charge is 0.392 e. The summed E-state index contributed by atoms with van der Waals surface area (Å²) in [6.07, 6.45) is -0.930. The second kappa shape index (κ2) is 6.17. The number of aliphatic hydroxyl groups is 3. The fraction of sp³-hybridized carbons (Fsp3) is 0.667. The number of amides is 1. The van der Waals surface area contributed by atoms with E-state index >= 15 is 0 Å². The second-order valence-corrected chi connectivity index (χ2v) is 3.64. The van der Waals surface area contributed by atoms with Crippen LogP contribution in [0, 0.1) is 0 Å². The standard InChI is InChI=1S/C9H16N2O4.ClH/c1-4(13)11-7-6(10)2-5(3-12)8(14)9(7)15;/h2,6-9,12,14-15H,3,10H2,1H3,(H,11,13);1H/t6-,7+,8-,9-;/m1./s1. The highest BCUT2D eigenvalue weighted by Crippen LogP contribution is 2.18. The fourth-order valence-electron chi connectivity index (χ4n) is 1.66. The van der Waals surface area contributed by atoms with Crippen LogP contribution in [0.4, 0.5) is 0 Å². The number of nitrogens with two attached hydrogens (primary N) is 1. The van der Waals surface area contributed by atoms with Crippen LogP contribution in [0.25, 0.3) is 0 Å². The Kier molecular flexibility index (Phi) is 5.91. The van der Waals surface area contributed by atoms with Crippen molar-refractivity contribution >= 4 is 18.3 Å². The van der Waals surface area contributed by atoms with E-state index in [0.717, 1.165) is 0 Å². The highest BCUT2D eigenvalue weighted by molar-refractivity contribution is 5.85. The van der Waals surface area contributed by atoms with E-state index in [0.29, 0.717) is 0 Å². The lowest BCUT2D eigenvalue weighted by atomic mass is 9.87. The molecular weight excluding hydrogens is 236 g/mol. The first-order valence-electron chi connectivity index (χ1n) is 4.67. The van der Waals surface area contributed by atoms with Gasteiger partial charge in [-0.3, -0.25) is 4.79 Å². The number of carbonyl (C=O) groups excluding carboxylic acids is 1. The SMILES string of the molecule is CC(=O)N[C@@H]1[C@@H](O)[C@H](O)C(CO)=C[C@H]1N.Cl. The predicted molar refractivity (Wildman–Crippen MR) is 60.0 cm³/mol. The van der Waals surface area contributed by atoms with E-state index in [4.69, 9.17) is 10.8 Å². The van der Waals surface area contributed by atoms with Crippen LogP contribution in [0.15, 0.2) is 11.6 Å². The van der Waals surface area contributed by atoms with Crippen LogP contribution in [-0.4, -0.2) is 52.1 Å². The minimum atomic E-state index is -1.20. The molecule has 0 saturated heterocycles. The molecule has 0 aromatic rings. The van der Waals surface area contributed by atoms with Crippen molar-refractivity contribution in [3.63, 3.8) is 0 Å². The van der Waals surface area contributed by atoms with Gasteiger partial charge in [0.2, 0.25) is 5.91 Å². The van der Waals surface area contributed by atoms with Crippen molar-refractivity contribution in [1.29, 1.82) is 0 Å². The number of nitrogens with one attached hydrogen (secondary N) is 1. The molecular formula is C9H17ClN2O4. The van der Waals surface area contributed by atoms with Crippen LogP contribution < -0.4 is 11.1 Å². The molecule has 0 heterocycles. The number of hydrogen-bond acceptors (Lipinski definition) is 5. The summed E-state index contributed by atoms with van der Waals surface area (Å²) in [7, 11) is 0. The summed E-state index contributed by atoms with van der Waals surface area (Å²) in [5.41, 5.74) is 5.95. The minimum Gasteiger partial charge on any atom is -0.392 e. The third kappa shape index (κ3) is 3.16. The molecule has 0 aromatic heterocycles. The Bertz CT molecular complexity index is 285. The highest BCUT2D eigenvalue weighted by atomic mass is 35.5. The summed E-state index contributed by atoms with van der Waals surface area (Å²) in [5.74, 6) is -0.331. The van der Waals surface area contributed by atoms with E-state index in [-0.39, 0.29) is 30.5 Å². The van der Waals surface area contributed by atoms with E-state index < -0.39 is 24.3 Å². The van der Waals surface area contributed by atoms with Crippen molar-refractivity contribution in [3.05, 3.63) is 11.6 Å². The first-order valence-corrected chi connectivity index (χ1v) is 4.67. The quantitative estimate of drug-likeness (QED) is 0.361. The van der Waals surface area contributed by atoms with Gasteiger partial charge in [-0.15, -0.1) is 12.4 Å². The van der Waals surface area contributed by atoms with E-state index in [2.05, 4.69) is 5.32 Å². The molecule has 6 N–H and O–H groups in total. The lowest BCUT2D eigenvalue weighted by Crippen LogP contribution is -2.59. The van der Waals surface area contributed by atoms with Gasteiger partial charge in [0.1, 0.15) is 12.2 Å². The highest BCUT2D eigenvalue weighted by Gasteiger charge is 2.36. The Morgan fingerprint density at radius 2 is 2.12 bits per heavy atom. The first kappa shape index (κ1) is 15.3. The molecule has 0 spiro atoms. The van der Waals surface area contributed by atoms with E-state index in [1.807, 2.05) is 0 Å². The average molecular weight is 253 g/mol. The molecule has 6 nitrogen and oxygen atoms in total. The van der Waals surface area contributed by atoms with Crippen LogP contribution in [0.3, 0.4) is 0 Å². The van der Waals surface area contributed by atoms with E-state index in [9.17, 15) is 15.0 Å². The molecule has 0 aromatic carbocycles. The number of rotatable bonds is 2. The third-order valence-electron chi connectivity index (χ3n) is 2.45. The molecule has 1 aliphatic carbocycles. The van der Waals surface area contributed by atoms with Crippen LogP contribution >= 0.6 is 12.4 Å². The van der Waals surface area contributed by atoms with Gasteiger partial charge in [-0.2, -0.15) is 0 Å². The normalized spacial score (nSPS) is 33.7. The lowest BCUT2D eigenvalue weighted by Gasteiger charge is -2.35. The zero-order valence-electron chi connectivity index (χ0n) is 8.83. The summed E-state index contributed by atoms with van der Waals surface area (Å²) >= 11 is 0. The zero-order valence-corrected chi connectivity index (χ0v) is 9.65. The third-order valence-corrected chi connectivity index (χ3v) is 2.45. The van der Waals surface area contributed by atoms with Gasteiger partial charge in [-0.1, -0.05) is 6.08 Å². The predicted octanol–water partition coefficient (Wildman–Crippen LogP) is -2.11. The summed E-state index contributed by atoms with van der Waals surface area (Å²) in [4.78, 5) is 10.8. The van der Waals surface area contributed by atoms with Gasteiger partial charge >= 0.3 is 0 Å². The first-order chi connectivity index (χ1) is 6.97. The molecule has 4 atom stereocenters. The second-order valence-electron chi connectivity index (χ2n) is 3.64.